The van der Waals surface area contributed by atoms with Crippen molar-refractivity contribution >= 4 is 29.2 Å². The average molecular weight is 430 g/mol. The summed E-state index contributed by atoms with van der Waals surface area (Å²) in [7, 11) is 0. The maximum absolute atomic E-state index is 11.2. The zero-order valence-corrected chi connectivity index (χ0v) is 17.7. The molecule has 2 atom stereocenters. The largest absolute Gasteiger partial charge is 0.481 e. The van der Waals surface area contributed by atoms with Crippen molar-refractivity contribution in [3.63, 3.8) is 0 Å². The molecule has 2 aromatic heterocycles. The Morgan fingerprint density at radius 3 is 2.66 bits per heavy atom. The molecule has 1 aromatic carbocycles. The number of hydrogen-bond donors (Lipinski definition) is 1. The zero-order chi connectivity index (χ0) is 20.8. The van der Waals surface area contributed by atoms with E-state index in [4.69, 9.17) is 28.3 Å². The molecule has 0 amide bonds. The summed E-state index contributed by atoms with van der Waals surface area (Å²) in [5, 5.41) is 15.0. The summed E-state index contributed by atoms with van der Waals surface area (Å²) in [5.74, 6) is -0.446. The molecule has 1 aliphatic rings. The highest BCUT2D eigenvalue weighted by Crippen LogP contribution is 2.58. The third-order valence-electron chi connectivity index (χ3n) is 6.09. The van der Waals surface area contributed by atoms with E-state index in [0.29, 0.717) is 10.0 Å². The molecule has 0 saturated heterocycles. The number of halogens is 2. The van der Waals surface area contributed by atoms with Gasteiger partial charge in [-0.3, -0.25) is 9.78 Å². The standard InChI is InChI=1S/C22H21Cl2N3O2/c1-22(2)14(9-21(28)29)8-16(22)20-11-19(13-4-3-7-25-12-13)26-27(20)15-5-6-17(23)18(24)10-15/h3-7,10-12,14,16H,8-9H2,1-2H3,(H,28,29). The number of rotatable bonds is 5. The van der Waals surface area contributed by atoms with Crippen LogP contribution in [0.2, 0.25) is 10.0 Å². The molecule has 0 aliphatic heterocycles. The van der Waals surface area contributed by atoms with Gasteiger partial charge >= 0.3 is 5.97 Å². The van der Waals surface area contributed by atoms with Crippen molar-refractivity contribution in [2.45, 2.75) is 32.6 Å². The molecule has 4 rings (SSSR count). The number of carbonyl (C=O) groups is 1. The molecule has 2 unspecified atom stereocenters. The van der Waals surface area contributed by atoms with E-state index >= 15 is 0 Å². The molecule has 1 aliphatic carbocycles. The van der Waals surface area contributed by atoms with E-state index in [9.17, 15) is 9.90 Å². The fraction of sp³-hybridized carbons (Fsp3) is 0.318. The SMILES string of the molecule is CC1(C)C(CC(=O)O)CC1c1cc(-c2cccnc2)nn1-c1ccc(Cl)c(Cl)c1. The van der Waals surface area contributed by atoms with E-state index in [1.54, 1.807) is 24.5 Å². The normalized spacial score (nSPS) is 20.3. The van der Waals surface area contributed by atoms with Crippen LogP contribution in [-0.4, -0.2) is 25.8 Å². The lowest BCUT2D eigenvalue weighted by molar-refractivity contribution is -0.141. The molecule has 150 valence electrons. The van der Waals surface area contributed by atoms with Crippen molar-refractivity contribution in [3.05, 3.63) is 64.5 Å². The van der Waals surface area contributed by atoms with Crippen LogP contribution in [0.15, 0.2) is 48.8 Å². The van der Waals surface area contributed by atoms with Gasteiger partial charge in [-0.05, 0) is 54.2 Å². The van der Waals surface area contributed by atoms with Gasteiger partial charge in [-0.25, -0.2) is 4.68 Å². The number of hydrogen-bond acceptors (Lipinski definition) is 3. The third kappa shape index (κ3) is 3.65. The second-order valence-electron chi connectivity index (χ2n) is 8.11. The Hall–Kier alpha value is -2.37. The van der Waals surface area contributed by atoms with Gasteiger partial charge in [0, 0.05) is 36.0 Å². The maximum Gasteiger partial charge on any atom is 0.303 e. The first-order valence-corrected chi connectivity index (χ1v) is 10.2. The van der Waals surface area contributed by atoms with E-state index < -0.39 is 5.97 Å². The molecule has 5 nitrogen and oxygen atoms in total. The quantitative estimate of drug-likeness (QED) is 0.552. The predicted octanol–water partition coefficient (Wildman–Crippen LogP) is 5.85. The Balaban J connectivity index is 1.79. The molecule has 0 radical (unpaired) electrons. The molecule has 29 heavy (non-hydrogen) atoms. The number of pyridine rings is 1. The van der Waals surface area contributed by atoms with Crippen molar-refractivity contribution in [2.24, 2.45) is 11.3 Å². The number of nitrogens with zero attached hydrogens (tertiary/aromatic N) is 3. The highest BCUT2D eigenvalue weighted by atomic mass is 35.5. The highest BCUT2D eigenvalue weighted by Gasteiger charge is 2.50. The molecule has 1 N–H and O–H groups in total. The monoisotopic (exact) mass is 429 g/mol. The van der Waals surface area contributed by atoms with Gasteiger partial charge in [0.2, 0.25) is 0 Å². The van der Waals surface area contributed by atoms with E-state index in [2.05, 4.69) is 24.9 Å². The lowest BCUT2D eigenvalue weighted by atomic mass is 9.53. The summed E-state index contributed by atoms with van der Waals surface area (Å²) in [4.78, 5) is 15.4. The summed E-state index contributed by atoms with van der Waals surface area (Å²) in [6, 6.07) is 11.4. The third-order valence-corrected chi connectivity index (χ3v) is 6.83. The lowest BCUT2D eigenvalue weighted by Crippen LogP contribution is -2.44. The number of carboxylic acid groups (broad SMARTS) is 1. The minimum atomic E-state index is -0.754. The second kappa shape index (κ2) is 7.47. The lowest BCUT2D eigenvalue weighted by Gasteiger charge is -2.52. The number of benzene rings is 1. The number of aliphatic carboxylic acids is 1. The molecular weight excluding hydrogens is 409 g/mol. The minimum Gasteiger partial charge on any atom is -0.481 e. The number of carboxylic acids is 1. The topological polar surface area (TPSA) is 68.0 Å². The van der Waals surface area contributed by atoms with Crippen LogP contribution in [0.4, 0.5) is 0 Å². The van der Waals surface area contributed by atoms with E-state index in [1.807, 2.05) is 22.9 Å². The van der Waals surface area contributed by atoms with Gasteiger partial charge in [0.1, 0.15) is 0 Å². The number of aromatic nitrogens is 3. The molecule has 0 spiro atoms. The molecule has 2 heterocycles. The van der Waals surface area contributed by atoms with Crippen LogP contribution in [0.5, 0.6) is 0 Å². The summed E-state index contributed by atoms with van der Waals surface area (Å²) in [6.45, 7) is 4.26. The molecule has 1 fully saturated rings. The van der Waals surface area contributed by atoms with E-state index in [0.717, 1.165) is 29.1 Å². The Kier molecular flexibility index (Phi) is 5.13. The van der Waals surface area contributed by atoms with Crippen LogP contribution in [0.25, 0.3) is 16.9 Å². The van der Waals surface area contributed by atoms with Gasteiger partial charge in [0.25, 0.3) is 0 Å². The summed E-state index contributed by atoms with van der Waals surface area (Å²) in [6.07, 6.45) is 4.50. The van der Waals surface area contributed by atoms with Crippen LogP contribution < -0.4 is 0 Å². The minimum absolute atomic E-state index is 0.129. The fourth-order valence-corrected chi connectivity index (χ4v) is 4.49. The molecule has 0 bridgehead atoms. The van der Waals surface area contributed by atoms with Gasteiger partial charge in [-0.2, -0.15) is 5.10 Å². The first-order chi connectivity index (χ1) is 13.8. The van der Waals surface area contributed by atoms with Crippen LogP contribution in [-0.2, 0) is 4.79 Å². The molecule has 3 aromatic rings. The fourth-order valence-electron chi connectivity index (χ4n) is 4.20. The predicted molar refractivity (Wildman–Crippen MR) is 114 cm³/mol. The van der Waals surface area contributed by atoms with E-state index in [-0.39, 0.29) is 23.7 Å². The van der Waals surface area contributed by atoms with Crippen LogP contribution >= 0.6 is 23.2 Å². The van der Waals surface area contributed by atoms with Gasteiger partial charge in [-0.15, -0.1) is 0 Å². The molecule has 1 saturated carbocycles. The van der Waals surface area contributed by atoms with Crippen LogP contribution in [0, 0.1) is 11.3 Å². The molecule has 7 heteroatoms. The van der Waals surface area contributed by atoms with Crippen molar-refractivity contribution < 1.29 is 9.90 Å². The van der Waals surface area contributed by atoms with Gasteiger partial charge in [-0.1, -0.05) is 37.0 Å². The Morgan fingerprint density at radius 2 is 2.03 bits per heavy atom. The van der Waals surface area contributed by atoms with Gasteiger partial charge in [0.15, 0.2) is 0 Å². The van der Waals surface area contributed by atoms with Crippen LogP contribution in [0.1, 0.15) is 38.3 Å². The Bertz CT molecular complexity index is 1060. The first kappa shape index (κ1) is 19.9. The molecular formula is C22H21Cl2N3O2. The second-order valence-corrected chi connectivity index (χ2v) is 8.93. The Morgan fingerprint density at radius 1 is 1.24 bits per heavy atom. The summed E-state index contributed by atoms with van der Waals surface area (Å²) in [5.41, 5.74) is 3.44. The first-order valence-electron chi connectivity index (χ1n) is 9.45. The van der Waals surface area contributed by atoms with Crippen LogP contribution in [0.3, 0.4) is 0 Å². The highest BCUT2D eigenvalue weighted by molar-refractivity contribution is 6.42. The van der Waals surface area contributed by atoms with Gasteiger partial charge in [0.05, 0.1) is 21.4 Å². The zero-order valence-electron chi connectivity index (χ0n) is 16.1. The van der Waals surface area contributed by atoms with E-state index in [1.165, 1.54) is 0 Å². The van der Waals surface area contributed by atoms with Crippen molar-refractivity contribution in [3.8, 4) is 16.9 Å². The van der Waals surface area contributed by atoms with Crippen molar-refractivity contribution in [1.29, 1.82) is 0 Å². The Labute approximate surface area is 179 Å². The smallest absolute Gasteiger partial charge is 0.303 e. The maximum atomic E-state index is 11.2. The van der Waals surface area contributed by atoms with Crippen molar-refractivity contribution in [1.82, 2.24) is 14.8 Å². The van der Waals surface area contributed by atoms with Gasteiger partial charge < -0.3 is 5.11 Å². The van der Waals surface area contributed by atoms with Crippen molar-refractivity contribution in [2.75, 3.05) is 0 Å². The average Bonchev–Trinajstić information content (AvgIpc) is 3.12. The summed E-state index contributed by atoms with van der Waals surface area (Å²) < 4.78 is 1.90. The summed E-state index contributed by atoms with van der Waals surface area (Å²) >= 11 is 12.4.